The molecule has 0 spiro atoms. The number of hydrogen-bond acceptors (Lipinski definition) is 5. The molecule has 192 valence electrons. The van der Waals surface area contributed by atoms with Crippen LogP contribution in [0.4, 0.5) is 4.79 Å². The van der Waals surface area contributed by atoms with Crippen LogP contribution < -0.4 is 4.74 Å². The van der Waals surface area contributed by atoms with Crippen molar-refractivity contribution in [2.45, 2.75) is 52.6 Å². The zero-order valence-corrected chi connectivity index (χ0v) is 21.2. The predicted molar refractivity (Wildman–Crippen MR) is 136 cm³/mol. The number of amides is 1. The molecule has 0 aromatic heterocycles. The Morgan fingerprint density at radius 3 is 2.29 bits per heavy atom. The Labute approximate surface area is 209 Å². The number of ether oxygens (including phenoxy) is 3. The van der Waals surface area contributed by atoms with Gasteiger partial charge < -0.3 is 24.2 Å². The maximum Gasteiger partial charge on any atom is 0.409 e. The third-order valence-electron chi connectivity index (χ3n) is 5.54. The number of carboxylic acids is 1. The van der Waals surface area contributed by atoms with Crippen molar-refractivity contribution in [2.24, 2.45) is 5.92 Å². The summed E-state index contributed by atoms with van der Waals surface area (Å²) in [5.74, 6) is 0.265. The van der Waals surface area contributed by atoms with Crippen LogP contribution in [0.5, 0.6) is 5.75 Å². The van der Waals surface area contributed by atoms with E-state index in [4.69, 9.17) is 14.2 Å². The van der Waals surface area contributed by atoms with E-state index in [1.54, 1.807) is 11.8 Å². The first-order valence-electron chi connectivity index (χ1n) is 12.4. The summed E-state index contributed by atoms with van der Waals surface area (Å²) in [6.07, 6.45) is 1.74. The fourth-order valence-electron chi connectivity index (χ4n) is 3.61. The lowest BCUT2D eigenvalue weighted by molar-refractivity contribution is -0.149. The standard InChI is InChI=1S/C28H39NO6/c1-4-33-26(27(30)31)21-24-12-14-25(15-13-24)34-20-18-29(17-8-9-22(2)3)28(32)35-19-16-23-10-6-5-7-11-23/h5-7,10-15,22,26H,4,8-9,16-21H2,1-3H3,(H,30,31). The highest BCUT2D eigenvalue weighted by Gasteiger charge is 2.18. The molecule has 0 heterocycles. The normalized spacial score (nSPS) is 11.8. The van der Waals surface area contributed by atoms with E-state index in [-0.39, 0.29) is 6.09 Å². The second-order valence-electron chi connectivity index (χ2n) is 8.85. The molecule has 2 aromatic carbocycles. The lowest BCUT2D eigenvalue weighted by Gasteiger charge is -2.23. The first-order chi connectivity index (χ1) is 16.9. The Balaban J connectivity index is 1.83. The first-order valence-corrected chi connectivity index (χ1v) is 12.4. The Hall–Kier alpha value is -3.06. The molecule has 7 nitrogen and oxygen atoms in total. The van der Waals surface area contributed by atoms with E-state index >= 15 is 0 Å². The van der Waals surface area contributed by atoms with Crippen molar-refractivity contribution in [1.29, 1.82) is 0 Å². The van der Waals surface area contributed by atoms with E-state index in [0.717, 1.165) is 24.0 Å². The number of carbonyl (C=O) groups excluding carboxylic acids is 1. The molecule has 0 saturated heterocycles. The lowest BCUT2D eigenvalue weighted by atomic mass is 10.1. The van der Waals surface area contributed by atoms with Gasteiger partial charge in [0.25, 0.3) is 0 Å². The zero-order valence-electron chi connectivity index (χ0n) is 21.2. The second-order valence-corrected chi connectivity index (χ2v) is 8.85. The van der Waals surface area contributed by atoms with Crippen LogP contribution in [0, 0.1) is 5.92 Å². The highest BCUT2D eigenvalue weighted by atomic mass is 16.6. The molecule has 1 N–H and O–H groups in total. The van der Waals surface area contributed by atoms with Crippen molar-refractivity contribution < 1.29 is 28.9 Å². The largest absolute Gasteiger partial charge is 0.492 e. The first kappa shape index (κ1) is 28.2. The Morgan fingerprint density at radius 2 is 1.66 bits per heavy atom. The van der Waals surface area contributed by atoms with Crippen LogP contribution in [-0.2, 0) is 27.1 Å². The quantitative estimate of drug-likeness (QED) is 0.351. The van der Waals surface area contributed by atoms with Crippen molar-refractivity contribution in [2.75, 3.05) is 32.9 Å². The van der Waals surface area contributed by atoms with Gasteiger partial charge in [-0.2, -0.15) is 0 Å². The monoisotopic (exact) mass is 485 g/mol. The van der Waals surface area contributed by atoms with Gasteiger partial charge in [-0.1, -0.05) is 56.3 Å². The Bertz CT molecular complexity index is 869. The third kappa shape index (κ3) is 11.3. The lowest BCUT2D eigenvalue weighted by Crippen LogP contribution is -2.36. The minimum atomic E-state index is -0.972. The number of aliphatic carboxylic acids is 1. The fraction of sp³-hybridized carbons (Fsp3) is 0.500. The van der Waals surface area contributed by atoms with Gasteiger partial charge >= 0.3 is 12.1 Å². The smallest absolute Gasteiger partial charge is 0.409 e. The molecule has 0 radical (unpaired) electrons. The topological polar surface area (TPSA) is 85.3 Å². The maximum atomic E-state index is 12.7. The fourth-order valence-corrected chi connectivity index (χ4v) is 3.61. The molecular weight excluding hydrogens is 446 g/mol. The summed E-state index contributed by atoms with van der Waals surface area (Å²) in [5.41, 5.74) is 1.99. The zero-order chi connectivity index (χ0) is 25.5. The summed E-state index contributed by atoms with van der Waals surface area (Å²) in [6.45, 7) is 8.19. The molecule has 0 bridgehead atoms. The SMILES string of the molecule is CCOC(Cc1ccc(OCCN(CCCC(C)C)C(=O)OCCc2ccccc2)cc1)C(=O)O. The molecule has 0 aliphatic heterocycles. The van der Waals surface area contributed by atoms with Gasteiger partial charge in [-0.3, -0.25) is 0 Å². The summed E-state index contributed by atoms with van der Waals surface area (Å²) in [4.78, 5) is 25.7. The van der Waals surface area contributed by atoms with E-state index in [1.165, 1.54) is 0 Å². The minimum Gasteiger partial charge on any atom is -0.492 e. The molecule has 1 unspecified atom stereocenters. The van der Waals surface area contributed by atoms with Crippen LogP contribution in [0.3, 0.4) is 0 Å². The number of carbonyl (C=O) groups is 2. The van der Waals surface area contributed by atoms with Crippen molar-refractivity contribution in [3.63, 3.8) is 0 Å². The number of rotatable bonds is 16. The Kier molecular flexibility index (Phi) is 12.7. The average Bonchev–Trinajstić information content (AvgIpc) is 2.84. The van der Waals surface area contributed by atoms with Crippen LogP contribution in [-0.4, -0.2) is 61.1 Å². The van der Waals surface area contributed by atoms with Crippen LogP contribution in [0.15, 0.2) is 54.6 Å². The van der Waals surface area contributed by atoms with Crippen LogP contribution in [0.2, 0.25) is 0 Å². The van der Waals surface area contributed by atoms with Crippen molar-refractivity contribution in [3.8, 4) is 5.75 Å². The molecule has 2 rings (SSSR count). The van der Waals surface area contributed by atoms with Crippen LogP contribution >= 0.6 is 0 Å². The number of benzene rings is 2. The summed E-state index contributed by atoms with van der Waals surface area (Å²) < 4.78 is 16.6. The van der Waals surface area contributed by atoms with Crippen LogP contribution in [0.25, 0.3) is 0 Å². The minimum absolute atomic E-state index is 0.294. The molecule has 7 heteroatoms. The number of nitrogens with zero attached hydrogens (tertiary/aromatic N) is 1. The van der Waals surface area contributed by atoms with Gasteiger partial charge in [-0.25, -0.2) is 9.59 Å². The molecule has 0 aliphatic rings. The summed E-state index contributed by atoms with van der Waals surface area (Å²) in [6, 6.07) is 17.2. The molecule has 0 fully saturated rings. The molecule has 0 aliphatic carbocycles. The van der Waals surface area contributed by atoms with Gasteiger partial charge in [0, 0.05) is 26.0 Å². The molecule has 1 amide bonds. The van der Waals surface area contributed by atoms with Gasteiger partial charge in [0.05, 0.1) is 13.2 Å². The van der Waals surface area contributed by atoms with Gasteiger partial charge in [0.2, 0.25) is 0 Å². The molecule has 1 atom stereocenters. The van der Waals surface area contributed by atoms with E-state index in [1.807, 2.05) is 54.6 Å². The van der Waals surface area contributed by atoms with Crippen molar-refractivity contribution >= 4 is 12.1 Å². The van der Waals surface area contributed by atoms with E-state index in [9.17, 15) is 14.7 Å². The molecular formula is C28H39NO6. The van der Waals surface area contributed by atoms with Gasteiger partial charge in [-0.15, -0.1) is 0 Å². The highest BCUT2D eigenvalue weighted by Crippen LogP contribution is 2.15. The van der Waals surface area contributed by atoms with Crippen molar-refractivity contribution in [1.82, 2.24) is 4.90 Å². The van der Waals surface area contributed by atoms with Gasteiger partial charge in [-0.05, 0) is 48.9 Å². The third-order valence-corrected chi connectivity index (χ3v) is 5.54. The van der Waals surface area contributed by atoms with Crippen molar-refractivity contribution in [3.05, 3.63) is 65.7 Å². The van der Waals surface area contributed by atoms with E-state index < -0.39 is 12.1 Å². The molecule has 2 aromatic rings. The summed E-state index contributed by atoms with van der Waals surface area (Å²) >= 11 is 0. The van der Waals surface area contributed by atoms with Gasteiger partial charge in [0.1, 0.15) is 12.4 Å². The average molecular weight is 486 g/mol. The van der Waals surface area contributed by atoms with Gasteiger partial charge in [0.15, 0.2) is 6.10 Å². The highest BCUT2D eigenvalue weighted by molar-refractivity contribution is 5.72. The number of hydrogen-bond donors (Lipinski definition) is 1. The maximum absolute atomic E-state index is 12.7. The summed E-state index contributed by atoms with van der Waals surface area (Å²) in [7, 11) is 0. The predicted octanol–water partition coefficient (Wildman–Crippen LogP) is 5.22. The Morgan fingerprint density at radius 1 is 0.943 bits per heavy atom. The number of carboxylic acid groups (broad SMARTS) is 1. The summed E-state index contributed by atoms with van der Waals surface area (Å²) in [5, 5.41) is 9.24. The van der Waals surface area contributed by atoms with Crippen LogP contribution in [0.1, 0.15) is 44.7 Å². The van der Waals surface area contributed by atoms with E-state index in [2.05, 4.69) is 13.8 Å². The van der Waals surface area contributed by atoms with E-state index in [0.29, 0.717) is 57.4 Å². The second kappa shape index (κ2) is 15.8. The molecule has 0 saturated carbocycles. The molecule has 35 heavy (non-hydrogen) atoms.